The molecule has 1 heterocycles. The van der Waals surface area contributed by atoms with Crippen LogP contribution in [0.1, 0.15) is 37.7 Å². The minimum atomic E-state index is -0.453. The molecule has 0 spiro atoms. The van der Waals surface area contributed by atoms with Crippen molar-refractivity contribution in [2.24, 2.45) is 13.0 Å². The molecule has 0 aliphatic carbocycles. The fraction of sp³-hybridized carbons (Fsp3) is 0.636. The first-order valence-corrected chi connectivity index (χ1v) is 5.40. The van der Waals surface area contributed by atoms with Crippen LogP contribution in [0.4, 0.5) is 5.69 Å². The predicted octanol–water partition coefficient (Wildman–Crippen LogP) is 1.59. The van der Waals surface area contributed by atoms with E-state index in [0.717, 1.165) is 6.42 Å². The predicted molar refractivity (Wildman–Crippen MR) is 62.0 cm³/mol. The number of aromatic nitrogens is 2. The second-order valence-electron chi connectivity index (χ2n) is 4.45. The number of rotatable bonds is 4. The quantitative estimate of drug-likeness (QED) is 0.790. The number of anilines is 1. The van der Waals surface area contributed by atoms with Gasteiger partial charge in [0.05, 0.1) is 11.8 Å². The number of esters is 1. The second kappa shape index (κ2) is 5.01. The molecule has 1 atom stereocenters. The molecule has 5 nitrogen and oxygen atoms in total. The van der Waals surface area contributed by atoms with Gasteiger partial charge in [0.1, 0.15) is 0 Å². The molecule has 1 unspecified atom stereocenters. The number of ether oxygens (including phenoxy) is 1. The highest BCUT2D eigenvalue weighted by Crippen LogP contribution is 2.13. The molecular formula is C11H19N3O2. The molecule has 0 aliphatic rings. The van der Waals surface area contributed by atoms with Crippen molar-refractivity contribution in [3.63, 3.8) is 0 Å². The maximum atomic E-state index is 11.7. The lowest BCUT2D eigenvalue weighted by Gasteiger charge is -2.14. The first kappa shape index (κ1) is 12.5. The van der Waals surface area contributed by atoms with E-state index in [1.807, 2.05) is 6.92 Å². The summed E-state index contributed by atoms with van der Waals surface area (Å²) in [6, 6.07) is 0. The van der Waals surface area contributed by atoms with E-state index in [2.05, 4.69) is 18.9 Å². The van der Waals surface area contributed by atoms with E-state index in [4.69, 9.17) is 10.5 Å². The van der Waals surface area contributed by atoms with E-state index in [1.165, 1.54) is 4.68 Å². The highest BCUT2D eigenvalue weighted by Gasteiger charge is 2.18. The molecule has 0 aliphatic heterocycles. The van der Waals surface area contributed by atoms with Crippen molar-refractivity contribution in [3.8, 4) is 0 Å². The largest absolute Gasteiger partial charge is 0.458 e. The van der Waals surface area contributed by atoms with Crippen LogP contribution in [0.5, 0.6) is 0 Å². The normalized spacial score (nSPS) is 12.8. The smallest absolute Gasteiger partial charge is 0.361 e. The minimum absolute atomic E-state index is 0.117. The molecule has 0 amide bonds. The van der Waals surface area contributed by atoms with Crippen LogP contribution < -0.4 is 5.73 Å². The average Bonchev–Trinajstić information content (AvgIpc) is 2.43. The number of nitrogens with zero attached hydrogens (tertiary/aromatic N) is 2. The fourth-order valence-electron chi connectivity index (χ4n) is 1.62. The Morgan fingerprint density at radius 2 is 2.19 bits per heavy atom. The van der Waals surface area contributed by atoms with Crippen LogP contribution >= 0.6 is 0 Å². The third-order valence-electron chi connectivity index (χ3n) is 2.16. The molecule has 0 saturated carbocycles. The molecule has 0 aromatic carbocycles. The molecule has 0 bridgehead atoms. The van der Waals surface area contributed by atoms with Gasteiger partial charge in [-0.05, 0) is 19.3 Å². The standard InChI is InChI=1S/C11H19N3O2/c1-7(2)5-8(3)16-11(15)10-9(12)6-14(4)13-10/h6-8H,5,12H2,1-4H3. The Kier molecular flexibility index (Phi) is 3.93. The van der Waals surface area contributed by atoms with Crippen LogP contribution in [-0.2, 0) is 11.8 Å². The van der Waals surface area contributed by atoms with Crippen molar-refractivity contribution in [2.45, 2.75) is 33.3 Å². The lowest BCUT2D eigenvalue weighted by molar-refractivity contribution is 0.0293. The van der Waals surface area contributed by atoms with Crippen LogP contribution in [-0.4, -0.2) is 21.9 Å². The molecular weight excluding hydrogens is 206 g/mol. The number of hydrogen-bond donors (Lipinski definition) is 1. The summed E-state index contributed by atoms with van der Waals surface area (Å²) >= 11 is 0. The number of aryl methyl sites for hydroxylation is 1. The van der Waals surface area contributed by atoms with Crippen LogP contribution in [0.2, 0.25) is 0 Å². The first-order valence-electron chi connectivity index (χ1n) is 5.40. The third kappa shape index (κ3) is 3.25. The van der Waals surface area contributed by atoms with Gasteiger partial charge in [-0.25, -0.2) is 4.79 Å². The molecule has 0 saturated heterocycles. The maximum absolute atomic E-state index is 11.7. The molecule has 90 valence electrons. The van der Waals surface area contributed by atoms with Crippen LogP contribution in [0.25, 0.3) is 0 Å². The van der Waals surface area contributed by atoms with Crippen molar-refractivity contribution in [1.29, 1.82) is 0 Å². The number of nitrogens with two attached hydrogens (primary N) is 1. The van der Waals surface area contributed by atoms with E-state index in [1.54, 1.807) is 13.2 Å². The summed E-state index contributed by atoms with van der Waals surface area (Å²) in [6.07, 6.45) is 2.30. The van der Waals surface area contributed by atoms with E-state index >= 15 is 0 Å². The molecule has 16 heavy (non-hydrogen) atoms. The Balaban J connectivity index is 2.62. The van der Waals surface area contributed by atoms with Crippen LogP contribution in [0.3, 0.4) is 0 Å². The SMILES string of the molecule is CC(C)CC(C)OC(=O)c1nn(C)cc1N. The van der Waals surface area contributed by atoms with Gasteiger partial charge in [0.15, 0.2) is 5.69 Å². The average molecular weight is 225 g/mol. The molecule has 1 aromatic rings. The van der Waals surface area contributed by atoms with Gasteiger partial charge in [0.25, 0.3) is 0 Å². The summed E-state index contributed by atoms with van der Waals surface area (Å²) in [5.74, 6) is 0.0372. The van der Waals surface area contributed by atoms with Crippen LogP contribution in [0.15, 0.2) is 6.20 Å². The minimum Gasteiger partial charge on any atom is -0.458 e. The summed E-state index contributed by atoms with van der Waals surface area (Å²) in [7, 11) is 1.71. The van der Waals surface area contributed by atoms with E-state index in [0.29, 0.717) is 11.6 Å². The molecule has 0 radical (unpaired) electrons. The number of nitrogen functional groups attached to an aromatic ring is 1. The molecule has 5 heteroatoms. The fourth-order valence-corrected chi connectivity index (χ4v) is 1.62. The Bertz CT molecular complexity index is 371. The number of hydrogen-bond acceptors (Lipinski definition) is 4. The Hall–Kier alpha value is -1.52. The summed E-state index contributed by atoms with van der Waals surface area (Å²) in [6.45, 7) is 6.04. The van der Waals surface area contributed by atoms with Crippen LogP contribution in [0, 0.1) is 5.92 Å². The Morgan fingerprint density at radius 1 is 1.56 bits per heavy atom. The van der Waals surface area contributed by atoms with Gasteiger partial charge in [-0.1, -0.05) is 13.8 Å². The molecule has 1 aromatic heterocycles. The van der Waals surface area contributed by atoms with Crippen molar-refractivity contribution >= 4 is 11.7 Å². The third-order valence-corrected chi connectivity index (χ3v) is 2.16. The van der Waals surface area contributed by atoms with Gasteiger partial charge in [-0.2, -0.15) is 5.10 Å². The monoisotopic (exact) mass is 225 g/mol. The lowest BCUT2D eigenvalue weighted by Crippen LogP contribution is -2.18. The van der Waals surface area contributed by atoms with Gasteiger partial charge in [-0.3, -0.25) is 4.68 Å². The van der Waals surface area contributed by atoms with E-state index in [-0.39, 0.29) is 11.8 Å². The molecule has 0 fully saturated rings. The summed E-state index contributed by atoms with van der Waals surface area (Å²) in [5, 5.41) is 3.96. The number of carbonyl (C=O) groups excluding carboxylic acids is 1. The van der Waals surface area contributed by atoms with Crippen molar-refractivity contribution in [3.05, 3.63) is 11.9 Å². The van der Waals surface area contributed by atoms with Crippen molar-refractivity contribution < 1.29 is 9.53 Å². The summed E-state index contributed by atoms with van der Waals surface area (Å²) in [4.78, 5) is 11.7. The lowest BCUT2D eigenvalue weighted by atomic mass is 10.1. The first-order chi connectivity index (χ1) is 7.40. The zero-order chi connectivity index (χ0) is 12.3. The summed E-state index contributed by atoms with van der Waals surface area (Å²) in [5.41, 5.74) is 6.18. The Morgan fingerprint density at radius 3 is 2.62 bits per heavy atom. The van der Waals surface area contributed by atoms with E-state index < -0.39 is 5.97 Å². The topological polar surface area (TPSA) is 70.1 Å². The molecule has 1 rings (SSSR count). The van der Waals surface area contributed by atoms with Gasteiger partial charge >= 0.3 is 5.97 Å². The zero-order valence-electron chi connectivity index (χ0n) is 10.2. The number of carbonyl (C=O) groups is 1. The highest BCUT2D eigenvalue weighted by atomic mass is 16.5. The Labute approximate surface area is 95.6 Å². The molecule has 2 N–H and O–H groups in total. The van der Waals surface area contributed by atoms with Gasteiger partial charge in [-0.15, -0.1) is 0 Å². The maximum Gasteiger partial charge on any atom is 0.361 e. The van der Waals surface area contributed by atoms with Gasteiger partial charge < -0.3 is 10.5 Å². The second-order valence-corrected chi connectivity index (χ2v) is 4.45. The summed E-state index contributed by atoms with van der Waals surface area (Å²) < 4.78 is 6.75. The van der Waals surface area contributed by atoms with Gasteiger partial charge in [0, 0.05) is 13.2 Å². The van der Waals surface area contributed by atoms with E-state index in [9.17, 15) is 4.79 Å². The van der Waals surface area contributed by atoms with Gasteiger partial charge in [0.2, 0.25) is 0 Å². The highest BCUT2D eigenvalue weighted by molar-refractivity contribution is 5.92. The van der Waals surface area contributed by atoms with Crippen molar-refractivity contribution in [2.75, 3.05) is 5.73 Å². The van der Waals surface area contributed by atoms with Crippen molar-refractivity contribution in [1.82, 2.24) is 9.78 Å². The zero-order valence-corrected chi connectivity index (χ0v) is 10.2.